The number of hydrogen-bond acceptors (Lipinski definition) is 5. The summed E-state index contributed by atoms with van der Waals surface area (Å²) in [4.78, 5) is 30.0. The molecule has 0 fully saturated rings. The Balaban J connectivity index is 1.60. The first-order valence-electron chi connectivity index (χ1n) is 13.3. The molecule has 0 aliphatic heterocycles. The minimum Gasteiger partial charge on any atom is -0.493 e. The van der Waals surface area contributed by atoms with Gasteiger partial charge in [-0.3, -0.25) is 14.5 Å². The van der Waals surface area contributed by atoms with Crippen molar-refractivity contribution in [3.63, 3.8) is 0 Å². The van der Waals surface area contributed by atoms with Gasteiger partial charge in [-0.05, 0) is 49.2 Å². The zero-order valence-electron chi connectivity index (χ0n) is 22.5. The van der Waals surface area contributed by atoms with Crippen LogP contribution in [0.15, 0.2) is 103 Å². The van der Waals surface area contributed by atoms with E-state index in [0.717, 1.165) is 16.6 Å². The predicted molar refractivity (Wildman–Crippen MR) is 155 cm³/mol. The van der Waals surface area contributed by atoms with E-state index in [9.17, 15) is 9.59 Å². The summed E-state index contributed by atoms with van der Waals surface area (Å²) in [6.45, 7) is 4.44. The fourth-order valence-corrected chi connectivity index (χ4v) is 4.76. The maximum Gasteiger partial charge on any atom is 0.249 e. The maximum atomic E-state index is 14.3. The fourth-order valence-electron chi connectivity index (χ4n) is 4.76. The molecule has 2 amide bonds. The van der Waals surface area contributed by atoms with Crippen molar-refractivity contribution in [1.29, 1.82) is 0 Å². The van der Waals surface area contributed by atoms with E-state index in [-0.39, 0.29) is 18.4 Å². The summed E-state index contributed by atoms with van der Waals surface area (Å²) >= 11 is 0. The molecule has 8 heteroatoms. The Kier molecular flexibility index (Phi) is 8.15. The summed E-state index contributed by atoms with van der Waals surface area (Å²) in [6, 6.07) is 31.1. The van der Waals surface area contributed by atoms with E-state index in [4.69, 9.17) is 4.74 Å². The van der Waals surface area contributed by atoms with Crippen molar-refractivity contribution in [3.8, 4) is 5.75 Å². The number of nitrogens with zero attached hydrogens (tertiary/aromatic N) is 4. The molecule has 5 aromatic rings. The van der Waals surface area contributed by atoms with Gasteiger partial charge in [0.1, 0.15) is 23.9 Å². The monoisotopic (exact) mass is 533 g/mol. The minimum atomic E-state index is -1.00. The molecule has 0 aliphatic rings. The highest BCUT2D eigenvalue weighted by Crippen LogP contribution is 2.35. The molecule has 1 heterocycles. The molecule has 0 spiro atoms. The third-order valence-electron chi connectivity index (χ3n) is 6.68. The lowest BCUT2D eigenvalue weighted by atomic mass is 10.0. The first-order chi connectivity index (χ1) is 19.6. The van der Waals surface area contributed by atoms with Gasteiger partial charge in [0.15, 0.2) is 0 Å². The van der Waals surface area contributed by atoms with Gasteiger partial charge in [-0.25, -0.2) is 4.68 Å². The molecule has 1 aromatic heterocycles. The summed E-state index contributed by atoms with van der Waals surface area (Å²) in [5, 5.41) is 11.5. The van der Waals surface area contributed by atoms with Crippen LogP contribution in [0.2, 0.25) is 0 Å². The molecule has 40 heavy (non-hydrogen) atoms. The molecule has 5 rings (SSSR count). The standard InChI is InChI=1S/C32H31N5O3/c1-3-40-29-20-12-8-16-25(29)31(32(39)33-21-24-14-5-4-6-15-24)37(27-18-10-7-13-23(27)2)30(38)22-36-28-19-11-9-17-26(28)34-35-36/h4-20,31H,3,21-22H2,1-2H3,(H,33,39)/t31-/m1/s1. The van der Waals surface area contributed by atoms with Crippen LogP contribution in [0, 0.1) is 6.92 Å². The van der Waals surface area contributed by atoms with E-state index in [1.54, 1.807) is 9.58 Å². The van der Waals surface area contributed by atoms with Crippen LogP contribution in [0.1, 0.15) is 29.7 Å². The molecule has 0 saturated heterocycles. The van der Waals surface area contributed by atoms with Gasteiger partial charge in [0, 0.05) is 17.8 Å². The maximum absolute atomic E-state index is 14.3. The number of fused-ring (bicyclic) bond motifs is 1. The number of carbonyl (C=O) groups is 2. The molecule has 8 nitrogen and oxygen atoms in total. The number of carbonyl (C=O) groups excluding carboxylic acids is 2. The number of nitrogens with one attached hydrogen (secondary N) is 1. The Morgan fingerprint density at radius 1 is 0.900 bits per heavy atom. The number of rotatable bonds is 10. The Bertz CT molecular complexity index is 1620. The summed E-state index contributed by atoms with van der Waals surface area (Å²) in [5.74, 6) is -0.0883. The molecule has 1 atom stereocenters. The van der Waals surface area contributed by atoms with Crippen LogP contribution < -0.4 is 15.0 Å². The van der Waals surface area contributed by atoms with Crippen LogP contribution in [-0.2, 0) is 22.7 Å². The topological polar surface area (TPSA) is 89.4 Å². The highest BCUT2D eigenvalue weighted by molar-refractivity contribution is 6.02. The zero-order valence-corrected chi connectivity index (χ0v) is 22.5. The SMILES string of the molecule is CCOc1ccccc1[C@H](C(=O)NCc1ccccc1)N(C(=O)Cn1nnc2ccccc21)c1ccccc1C. The molecule has 0 radical (unpaired) electrons. The van der Waals surface area contributed by atoms with Crippen LogP contribution in [-0.4, -0.2) is 33.4 Å². The molecule has 0 unspecified atom stereocenters. The predicted octanol–water partition coefficient (Wildman–Crippen LogP) is 5.23. The fraction of sp³-hybridized carbons (Fsp3) is 0.188. The number of hydrogen-bond donors (Lipinski definition) is 1. The average Bonchev–Trinajstić information content (AvgIpc) is 3.39. The van der Waals surface area contributed by atoms with Crippen LogP contribution in [0.5, 0.6) is 5.75 Å². The highest BCUT2D eigenvalue weighted by Gasteiger charge is 2.35. The van der Waals surface area contributed by atoms with Gasteiger partial charge in [-0.1, -0.05) is 84.1 Å². The minimum absolute atomic E-state index is 0.103. The van der Waals surface area contributed by atoms with Gasteiger partial charge in [-0.2, -0.15) is 0 Å². The Morgan fingerprint density at radius 2 is 1.60 bits per heavy atom. The van der Waals surface area contributed by atoms with E-state index in [0.29, 0.717) is 35.7 Å². The van der Waals surface area contributed by atoms with Gasteiger partial charge in [-0.15, -0.1) is 5.10 Å². The number of anilines is 1. The molecular weight excluding hydrogens is 502 g/mol. The van der Waals surface area contributed by atoms with Crippen molar-refractivity contribution in [2.45, 2.75) is 33.0 Å². The van der Waals surface area contributed by atoms with Crippen LogP contribution >= 0.6 is 0 Å². The second-order valence-corrected chi connectivity index (χ2v) is 9.36. The first kappa shape index (κ1) is 26.6. The quantitative estimate of drug-likeness (QED) is 0.266. The smallest absolute Gasteiger partial charge is 0.249 e. The van der Waals surface area contributed by atoms with Crippen LogP contribution in [0.25, 0.3) is 11.0 Å². The van der Waals surface area contributed by atoms with Gasteiger partial charge in [0.05, 0.1) is 12.1 Å². The summed E-state index contributed by atoms with van der Waals surface area (Å²) in [7, 11) is 0. The van der Waals surface area contributed by atoms with E-state index >= 15 is 0 Å². The first-order valence-corrected chi connectivity index (χ1v) is 13.3. The lowest BCUT2D eigenvalue weighted by Crippen LogP contribution is -2.45. The van der Waals surface area contributed by atoms with Crippen molar-refractivity contribution in [2.24, 2.45) is 0 Å². The summed E-state index contributed by atoms with van der Waals surface area (Å²) in [5.41, 5.74) is 4.46. The molecular formula is C32H31N5O3. The number of amides is 2. The number of ether oxygens (including phenoxy) is 1. The molecule has 4 aromatic carbocycles. The van der Waals surface area contributed by atoms with Gasteiger partial charge >= 0.3 is 0 Å². The second kappa shape index (κ2) is 12.3. The Hall–Kier alpha value is -4.98. The Morgan fingerprint density at radius 3 is 2.40 bits per heavy atom. The zero-order chi connectivity index (χ0) is 27.9. The number of benzene rings is 4. The third-order valence-corrected chi connectivity index (χ3v) is 6.68. The third kappa shape index (κ3) is 5.71. The molecule has 202 valence electrons. The van der Waals surface area contributed by atoms with E-state index in [1.165, 1.54) is 0 Å². The highest BCUT2D eigenvalue weighted by atomic mass is 16.5. The molecule has 0 saturated carbocycles. The molecule has 1 N–H and O–H groups in total. The average molecular weight is 534 g/mol. The Labute approximate surface area is 233 Å². The lowest BCUT2D eigenvalue weighted by Gasteiger charge is -2.33. The van der Waals surface area contributed by atoms with Crippen molar-refractivity contribution in [3.05, 3.63) is 120 Å². The van der Waals surface area contributed by atoms with Crippen molar-refractivity contribution >= 4 is 28.5 Å². The normalized spacial score (nSPS) is 11.7. The van der Waals surface area contributed by atoms with Crippen molar-refractivity contribution in [1.82, 2.24) is 20.3 Å². The van der Waals surface area contributed by atoms with Crippen molar-refractivity contribution in [2.75, 3.05) is 11.5 Å². The number of para-hydroxylation sites is 3. The summed E-state index contributed by atoms with van der Waals surface area (Å²) in [6.07, 6.45) is 0. The number of aromatic nitrogens is 3. The van der Waals surface area contributed by atoms with Crippen LogP contribution in [0.3, 0.4) is 0 Å². The van der Waals surface area contributed by atoms with Gasteiger partial charge in [0.2, 0.25) is 11.8 Å². The largest absolute Gasteiger partial charge is 0.493 e. The lowest BCUT2D eigenvalue weighted by molar-refractivity contribution is -0.127. The van der Waals surface area contributed by atoms with Crippen LogP contribution in [0.4, 0.5) is 5.69 Å². The van der Waals surface area contributed by atoms with E-state index in [2.05, 4.69) is 15.6 Å². The van der Waals surface area contributed by atoms with E-state index in [1.807, 2.05) is 117 Å². The summed E-state index contributed by atoms with van der Waals surface area (Å²) < 4.78 is 7.51. The van der Waals surface area contributed by atoms with Gasteiger partial charge in [0.25, 0.3) is 0 Å². The van der Waals surface area contributed by atoms with Gasteiger partial charge < -0.3 is 10.1 Å². The van der Waals surface area contributed by atoms with Crippen molar-refractivity contribution < 1.29 is 14.3 Å². The molecule has 0 aliphatic carbocycles. The second-order valence-electron chi connectivity index (χ2n) is 9.36. The van der Waals surface area contributed by atoms with E-state index < -0.39 is 6.04 Å². The number of aryl methyl sites for hydroxylation is 1. The molecule has 0 bridgehead atoms.